The number of ether oxygens (including phenoxy) is 2. The van der Waals surface area contributed by atoms with E-state index in [4.69, 9.17) is 9.47 Å². The zero-order chi connectivity index (χ0) is 23.1. The molecule has 5 rings (SSSR count). The Morgan fingerprint density at radius 3 is 2.36 bits per heavy atom. The fourth-order valence-corrected chi connectivity index (χ4v) is 4.00. The summed E-state index contributed by atoms with van der Waals surface area (Å²) in [5.74, 6) is 2.02. The van der Waals surface area contributed by atoms with Gasteiger partial charge in [-0.25, -0.2) is 4.79 Å². The van der Waals surface area contributed by atoms with Gasteiger partial charge in [0.25, 0.3) is 5.56 Å². The summed E-state index contributed by atoms with van der Waals surface area (Å²) >= 11 is 0. The van der Waals surface area contributed by atoms with Crippen molar-refractivity contribution in [2.75, 3.05) is 13.7 Å². The van der Waals surface area contributed by atoms with Crippen LogP contribution in [0.4, 0.5) is 0 Å². The molecule has 0 unspecified atom stereocenters. The third-order valence-corrected chi connectivity index (χ3v) is 5.62. The first-order valence-electron chi connectivity index (χ1n) is 10.5. The molecule has 0 radical (unpaired) electrons. The number of imidazole rings is 2. The average Bonchev–Trinajstić information content (AvgIpc) is 3.33. The monoisotopic (exact) mass is 445 g/mol. The summed E-state index contributed by atoms with van der Waals surface area (Å²) in [6, 6.07) is 17.2. The van der Waals surface area contributed by atoms with E-state index in [1.165, 1.54) is 16.2 Å². The number of methoxy groups -OCH3 is 1. The van der Waals surface area contributed by atoms with Gasteiger partial charge in [0.1, 0.15) is 11.5 Å². The summed E-state index contributed by atoms with van der Waals surface area (Å²) in [5, 5.41) is 0. The zero-order valence-electron chi connectivity index (χ0n) is 18.6. The Labute approximate surface area is 188 Å². The fraction of sp³-hybridized carbons (Fsp3) is 0.208. The van der Waals surface area contributed by atoms with Crippen LogP contribution in [0.3, 0.4) is 0 Å². The molecule has 2 aromatic carbocycles. The first-order chi connectivity index (χ1) is 16.0. The van der Waals surface area contributed by atoms with Gasteiger partial charge in [0.2, 0.25) is 5.78 Å². The topological polar surface area (TPSA) is 84.7 Å². The average molecular weight is 445 g/mol. The largest absolute Gasteiger partial charge is 0.457 e. The van der Waals surface area contributed by atoms with Gasteiger partial charge in [-0.2, -0.15) is 4.98 Å². The van der Waals surface area contributed by atoms with Crippen molar-refractivity contribution in [1.29, 1.82) is 0 Å². The second-order valence-electron chi connectivity index (χ2n) is 7.76. The molecule has 0 N–H and O–H groups in total. The lowest BCUT2D eigenvalue weighted by Crippen LogP contribution is -2.40. The van der Waals surface area contributed by atoms with Gasteiger partial charge < -0.3 is 9.47 Å². The van der Waals surface area contributed by atoms with Crippen LogP contribution in [0.5, 0.6) is 11.5 Å². The van der Waals surface area contributed by atoms with Crippen molar-refractivity contribution in [1.82, 2.24) is 23.1 Å². The molecule has 3 aromatic heterocycles. The molecule has 9 heteroatoms. The predicted octanol–water partition coefficient (Wildman–Crippen LogP) is 2.89. The summed E-state index contributed by atoms with van der Waals surface area (Å²) in [5.41, 5.74) is 1.65. The lowest BCUT2D eigenvalue weighted by molar-refractivity contribution is 0.184. The third kappa shape index (κ3) is 3.42. The molecular weight excluding hydrogens is 422 g/mol. The van der Waals surface area contributed by atoms with Crippen LogP contribution in [0.15, 0.2) is 70.4 Å². The Morgan fingerprint density at radius 2 is 1.67 bits per heavy atom. The van der Waals surface area contributed by atoms with Crippen molar-refractivity contribution in [2.24, 2.45) is 7.05 Å². The summed E-state index contributed by atoms with van der Waals surface area (Å²) in [7, 11) is 3.15. The van der Waals surface area contributed by atoms with Crippen LogP contribution in [0, 0.1) is 6.92 Å². The molecule has 0 aliphatic rings. The summed E-state index contributed by atoms with van der Waals surface area (Å²) in [6.07, 6.45) is 1.85. The molecule has 0 amide bonds. The molecule has 168 valence electrons. The second-order valence-corrected chi connectivity index (χ2v) is 7.76. The van der Waals surface area contributed by atoms with Gasteiger partial charge in [0.15, 0.2) is 11.2 Å². The van der Waals surface area contributed by atoms with E-state index >= 15 is 0 Å². The third-order valence-electron chi connectivity index (χ3n) is 5.62. The van der Waals surface area contributed by atoms with Crippen LogP contribution in [0.25, 0.3) is 22.6 Å². The minimum absolute atomic E-state index is 0.174. The van der Waals surface area contributed by atoms with E-state index in [0.29, 0.717) is 22.7 Å². The predicted molar refractivity (Wildman–Crippen MR) is 125 cm³/mol. The summed E-state index contributed by atoms with van der Waals surface area (Å²) in [4.78, 5) is 30.5. The van der Waals surface area contributed by atoms with Crippen LogP contribution in [0.2, 0.25) is 0 Å². The lowest BCUT2D eigenvalue weighted by Gasteiger charge is -2.09. The Kier molecular flexibility index (Phi) is 5.10. The highest BCUT2D eigenvalue weighted by Gasteiger charge is 2.20. The van der Waals surface area contributed by atoms with Crippen molar-refractivity contribution in [3.05, 3.63) is 87.3 Å². The molecule has 9 nitrogen and oxygen atoms in total. The maximum atomic E-state index is 13.2. The molecule has 0 spiro atoms. The molecule has 0 saturated carbocycles. The van der Waals surface area contributed by atoms with Crippen LogP contribution in [-0.4, -0.2) is 36.8 Å². The number of rotatable bonds is 6. The van der Waals surface area contributed by atoms with Crippen LogP contribution in [0.1, 0.15) is 5.69 Å². The molecular formula is C24H23N5O4. The summed E-state index contributed by atoms with van der Waals surface area (Å²) < 4.78 is 17.2. The Balaban J connectivity index is 1.62. The second kappa shape index (κ2) is 8.10. The highest BCUT2D eigenvalue weighted by atomic mass is 16.5. The fourth-order valence-electron chi connectivity index (χ4n) is 4.00. The van der Waals surface area contributed by atoms with Gasteiger partial charge in [0, 0.05) is 31.7 Å². The number of benzene rings is 2. The smallest absolute Gasteiger partial charge is 0.332 e. The van der Waals surface area contributed by atoms with Crippen molar-refractivity contribution in [3.8, 4) is 17.2 Å². The van der Waals surface area contributed by atoms with Gasteiger partial charge in [-0.1, -0.05) is 18.2 Å². The maximum Gasteiger partial charge on any atom is 0.332 e. The Hall–Kier alpha value is -4.11. The molecule has 0 saturated heterocycles. The van der Waals surface area contributed by atoms with E-state index in [0.717, 1.165) is 17.1 Å². The number of fused-ring (bicyclic) bond motifs is 3. The zero-order valence-corrected chi connectivity index (χ0v) is 18.6. The Bertz CT molecular complexity index is 1570. The normalized spacial score (nSPS) is 11.5. The van der Waals surface area contributed by atoms with Crippen molar-refractivity contribution in [2.45, 2.75) is 13.5 Å². The number of nitrogens with zero attached hydrogens (tertiary/aromatic N) is 5. The SMILES string of the molecule is COCCn1c(=O)c2c(nc3n(-c4ccc(Oc5ccccc5)cc4)c(C)cn23)n(C)c1=O. The van der Waals surface area contributed by atoms with E-state index in [1.54, 1.807) is 11.4 Å². The maximum absolute atomic E-state index is 13.2. The highest BCUT2D eigenvalue weighted by Crippen LogP contribution is 2.25. The van der Waals surface area contributed by atoms with E-state index in [9.17, 15) is 9.59 Å². The van der Waals surface area contributed by atoms with E-state index in [2.05, 4.69) is 4.98 Å². The van der Waals surface area contributed by atoms with Crippen LogP contribution >= 0.6 is 0 Å². The number of hydrogen-bond acceptors (Lipinski definition) is 5. The number of hydrogen-bond donors (Lipinski definition) is 0. The molecule has 0 aliphatic carbocycles. The number of para-hydroxylation sites is 1. The van der Waals surface area contributed by atoms with E-state index < -0.39 is 5.69 Å². The minimum Gasteiger partial charge on any atom is -0.457 e. The Morgan fingerprint density at radius 1 is 0.970 bits per heavy atom. The standard InChI is InChI=1S/C24H23N5O4/c1-16-15-28-20-21(26(2)24(31)27(22(20)30)13-14-32-3)25-23(28)29(16)17-9-11-19(12-10-17)33-18-7-5-4-6-8-18/h4-12,15H,13-14H2,1-3H3. The van der Waals surface area contributed by atoms with Gasteiger partial charge in [-0.15, -0.1) is 0 Å². The minimum atomic E-state index is -0.420. The highest BCUT2D eigenvalue weighted by molar-refractivity contribution is 5.76. The molecule has 0 aliphatic heterocycles. The molecule has 3 heterocycles. The van der Waals surface area contributed by atoms with Crippen molar-refractivity contribution in [3.63, 3.8) is 0 Å². The van der Waals surface area contributed by atoms with Gasteiger partial charge in [-0.05, 0) is 43.3 Å². The van der Waals surface area contributed by atoms with Crippen LogP contribution < -0.4 is 16.0 Å². The first-order valence-corrected chi connectivity index (χ1v) is 10.5. The lowest BCUT2D eigenvalue weighted by atomic mass is 10.3. The summed E-state index contributed by atoms with van der Waals surface area (Å²) in [6.45, 7) is 2.38. The molecule has 5 aromatic rings. The molecule has 0 fully saturated rings. The number of aromatic nitrogens is 5. The quantitative estimate of drug-likeness (QED) is 0.401. The van der Waals surface area contributed by atoms with Crippen molar-refractivity contribution >= 4 is 16.9 Å². The van der Waals surface area contributed by atoms with E-state index in [-0.39, 0.29) is 18.7 Å². The van der Waals surface area contributed by atoms with Gasteiger partial charge >= 0.3 is 5.69 Å². The van der Waals surface area contributed by atoms with Gasteiger partial charge in [-0.3, -0.25) is 22.9 Å². The van der Waals surface area contributed by atoms with Crippen molar-refractivity contribution < 1.29 is 9.47 Å². The molecule has 0 bridgehead atoms. The molecule has 33 heavy (non-hydrogen) atoms. The van der Waals surface area contributed by atoms with Crippen LogP contribution in [-0.2, 0) is 18.3 Å². The van der Waals surface area contributed by atoms with Gasteiger partial charge in [0.05, 0.1) is 13.2 Å². The van der Waals surface area contributed by atoms with E-state index in [1.807, 2.05) is 72.3 Å². The molecule has 0 atom stereocenters. The first kappa shape index (κ1) is 20.8. The number of aryl methyl sites for hydroxylation is 2.